The molecule has 3 nitrogen and oxygen atoms in total. The fourth-order valence-corrected chi connectivity index (χ4v) is 1.27. The second kappa shape index (κ2) is 4.11. The summed E-state index contributed by atoms with van der Waals surface area (Å²) >= 11 is 0. The second-order valence-corrected chi connectivity index (χ2v) is 3.16. The number of rotatable bonds is 3. The highest BCUT2D eigenvalue weighted by atomic mass is 16.3. The number of nitriles is 1. The van der Waals surface area contributed by atoms with Gasteiger partial charge in [-0.1, -0.05) is 13.8 Å². The van der Waals surface area contributed by atoms with Crippen LogP contribution in [0.3, 0.4) is 0 Å². The van der Waals surface area contributed by atoms with E-state index in [4.69, 9.17) is 15.4 Å². The Labute approximate surface area is 78.1 Å². The number of nitrogens with two attached hydrogens (primary N) is 1. The quantitative estimate of drug-likeness (QED) is 0.772. The van der Waals surface area contributed by atoms with Crippen LogP contribution in [0.25, 0.3) is 0 Å². The molecule has 0 aliphatic heterocycles. The molecule has 0 spiro atoms. The molecule has 0 aliphatic rings. The summed E-state index contributed by atoms with van der Waals surface area (Å²) in [6.45, 7) is 4.19. The molecule has 1 rings (SSSR count). The third-order valence-electron chi connectivity index (χ3n) is 2.29. The van der Waals surface area contributed by atoms with Crippen LogP contribution in [0.5, 0.6) is 0 Å². The Morgan fingerprint density at radius 3 is 2.92 bits per heavy atom. The Morgan fingerprint density at radius 1 is 1.69 bits per heavy atom. The molecule has 0 aromatic carbocycles. The summed E-state index contributed by atoms with van der Waals surface area (Å²) in [7, 11) is 0. The Bertz CT molecular complexity index is 311. The molecule has 3 heteroatoms. The van der Waals surface area contributed by atoms with Crippen molar-refractivity contribution in [3.05, 3.63) is 23.7 Å². The van der Waals surface area contributed by atoms with Crippen LogP contribution < -0.4 is 5.73 Å². The van der Waals surface area contributed by atoms with E-state index in [-0.39, 0.29) is 0 Å². The van der Waals surface area contributed by atoms with Crippen molar-refractivity contribution in [1.29, 1.82) is 5.26 Å². The highest BCUT2D eigenvalue weighted by molar-refractivity contribution is 5.26. The van der Waals surface area contributed by atoms with Crippen molar-refractivity contribution in [3.8, 4) is 6.07 Å². The average Bonchev–Trinajstić information content (AvgIpc) is 2.63. The Balaban J connectivity index is 2.97. The summed E-state index contributed by atoms with van der Waals surface area (Å²) in [6.07, 6.45) is 2.61. The molecule has 1 aromatic rings. The van der Waals surface area contributed by atoms with Gasteiger partial charge in [-0.3, -0.25) is 0 Å². The molecule has 70 valence electrons. The van der Waals surface area contributed by atoms with Crippen LogP contribution in [0.2, 0.25) is 0 Å². The summed E-state index contributed by atoms with van der Waals surface area (Å²) in [4.78, 5) is 0. The minimum absolute atomic E-state index is 0.396. The van der Waals surface area contributed by atoms with Crippen LogP contribution >= 0.6 is 0 Å². The Hall–Kier alpha value is -1.27. The van der Waals surface area contributed by atoms with Gasteiger partial charge in [0, 0.05) is 0 Å². The van der Waals surface area contributed by atoms with Gasteiger partial charge in [0.25, 0.3) is 0 Å². The van der Waals surface area contributed by atoms with Gasteiger partial charge in [0.2, 0.25) is 0 Å². The molecule has 2 N–H and O–H groups in total. The van der Waals surface area contributed by atoms with Gasteiger partial charge in [0.15, 0.2) is 6.04 Å². The topological polar surface area (TPSA) is 62.9 Å². The fourth-order valence-electron chi connectivity index (χ4n) is 1.27. The first-order chi connectivity index (χ1) is 6.20. The predicted molar refractivity (Wildman–Crippen MR) is 50.0 cm³/mol. The lowest BCUT2D eigenvalue weighted by Crippen LogP contribution is -2.09. The monoisotopic (exact) mass is 178 g/mol. The van der Waals surface area contributed by atoms with Crippen molar-refractivity contribution in [2.24, 2.45) is 5.73 Å². The van der Waals surface area contributed by atoms with E-state index < -0.39 is 6.04 Å². The van der Waals surface area contributed by atoms with Crippen molar-refractivity contribution in [2.45, 2.75) is 32.2 Å². The molecule has 1 aromatic heterocycles. The van der Waals surface area contributed by atoms with E-state index in [1.54, 1.807) is 6.26 Å². The first-order valence-electron chi connectivity index (χ1n) is 4.43. The minimum Gasteiger partial charge on any atom is -0.466 e. The third-order valence-corrected chi connectivity index (χ3v) is 2.29. The summed E-state index contributed by atoms with van der Waals surface area (Å²) in [5.74, 6) is 1.00. The molecule has 13 heavy (non-hydrogen) atoms. The van der Waals surface area contributed by atoms with Crippen molar-refractivity contribution >= 4 is 0 Å². The van der Waals surface area contributed by atoms with E-state index in [9.17, 15) is 0 Å². The molecule has 2 unspecified atom stereocenters. The molecule has 0 aliphatic carbocycles. The largest absolute Gasteiger partial charge is 0.466 e. The van der Waals surface area contributed by atoms with Crippen molar-refractivity contribution in [3.63, 3.8) is 0 Å². The molecule has 0 radical (unpaired) electrons. The molecule has 0 bridgehead atoms. The fraction of sp³-hybridized carbons (Fsp3) is 0.500. The van der Waals surface area contributed by atoms with E-state index in [0.29, 0.717) is 11.7 Å². The number of nitrogens with zero attached hydrogens (tertiary/aromatic N) is 1. The number of furan rings is 1. The zero-order valence-corrected chi connectivity index (χ0v) is 7.95. The van der Waals surface area contributed by atoms with Gasteiger partial charge in [-0.2, -0.15) is 5.26 Å². The molecular weight excluding hydrogens is 164 g/mol. The Morgan fingerprint density at radius 2 is 2.38 bits per heavy atom. The van der Waals surface area contributed by atoms with E-state index >= 15 is 0 Å². The first kappa shape index (κ1) is 9.82. The van der Waals surface area contributed by atoms with Gasteiger partial charge < -0.3 is 10.2 Å². The van der Waals surface area contributed by atoms with Crippen LogP contribution in [0, 0.1) is 11.3 Å². The molecular formula is C10H14N2O. The van der Waals surface area contributed by atoms with Crippen molar-refractivity contribution < 1.29 is 4.42 Å². The third kappa shape index (κ3) is 1.90. The van der Waals surface area contributed by atoms with Gasteiger partial charge in [-0.25, -0.2) is 0 Å². The maximum Gasteiger partial charge on any atom is 0.152 e. The van der Waals surface area contributed by atoms with Crippen molar-refractivity contribution in [1.82, 2.24) is 0 Å². The SMILES string of the molecule is CCC(C)c1ccoc1C(N)C#N. The highest BCUT2D eigenvalue weighted by Gasteiger charge is 2.17. The summed E-state index contributed by atoms with van der Waals surface area (Å²) < 4.78 is 5.19. The summed E-state index contributed by atoms with van der Waals surface area (Å²) in [5.41, 5.74) is 6.63. The van der Waals surface area contributed by atoms with Gasteiger partial charge in [-0.15, -0.1) is 0 Å². The lowest BCUT2D eigenvalue weighted by molar-refractivity contribution is 0.486. The van der Waals surface area contributed by atoms with E-state index in [1.165, 1.54) is 0 Å². The number of hydrogen-bond acceptors (Lipinski definition) is 3. The predicted octanol–water partition coefficient (Wildman–Crippen LogP) is 2.32. The molecule has 0 saturated heterocycles. The summed E-state index contributed by atoms with van der Waals surface area (Å²) in [5, 5.41) is 8.65. The first-order valence-corrected chi connectivity index (χ1v) is 4.43. The molecule has 1 heterocycles. The van der Waals surface area contributed by atoms with Crippen LogP contribution in [-0.4, -0.2) is 0 Å². The highest BCUT2D eigenvalue weighted by Crippen LogP contribution is 2.26. The Kier molecular flexibility index (Phi) is 3.10. The smallest absolute Gasteiger partial charge is 0.152 e. The van der Waals surface area contributed by atoms with Gasteiger partial charge in [0.1, 0.15) is 5.76 Å². The zero-order valence-electron chi connectivity index (χ0n) is 7.95. The van der Waals surface area contributed by atoms with E-state index in [2.05, 4.69) is 13.8 Å². The second-order valence-electron chi connectivity index (χ2n) is 3.16. The van der Waals surface area contributed by atoms with Crippen LogP contribution in [0.1, 0.15) is 43.6 Å². The molecule has 0 amide bonds. The number of hydrogen-bond donors (Lipinski definition) is 1. The van der Waals surface area contributed by atoms with E-state index in [1.807, 2.05) is 12.1 Å². The van der Waals surface area contributed by atoms with Crippen molar-refractivity contribution in [2.75, 3.05) is 0 Å². The van der Waals surface area contributed by atoms with Gasteiger partial charge in [0.05, 0.1) is 12.3 Å². The average molecular weight is 178 g/mol. The van der Waals surface area contributed by atoms with Gasteiger partial charge in [-0.05, 0) is 24.0 Å². The lowest BCUT2D eigenvalue weighted by atomic mass is 9.97. The maximum absolute atomic E-state index is 8.65. The van der Waals surface area contributed by atoms with E-state index in [0.717, 1.165) is 12.0 Å². The normalized spacial score (nSPS) is 14.9. The standard InChI is InChI=1S/C10H14N2O/c1-3-7(2)8-4-5-13-10(8)9(12)6-11/h4-5,7,9H,3,12H2,1-2H3. The molecule has 0 saturated carbocycles. The maximum atomic E-state index is 8.65. The van der Waals surface area contributed by atoms with Gasteiger partial charge >= 0.3 is 0 Å². The van der Waals surface area contributed by atoms with Crippen LogP contribution in [-0.2, 0) is 0 Å². The molecule has 2 atom stereocenters. The van der Waals surface area contributed by atoms with Crippen LogP contribution in [0.15, 0.2) is 16.7 Å². The summed E-state index contributed by atoms with van der Waals surface area (Å²) in [6, 6.07) is 3.22. The minimum atomic E-state index is -0.640. The van der Waals surface area contributed by atoms with Crippen LogP contribution in [0.4, 0.5) is 0 Å². The molecule has 0 fully saturated rings. The zero-order chi connectivity index (χ0) is 9.84. The lowest BCUT2D eigenvalue weighted by Gasteiger charge is -2.09.